The predicted molar refractivity (Wildman–Crippen MR) is 72.9 cm³/mol. The lowest BCUT2D eigenvalue weighted by molar-refractivity contribution is 0.603. The highest BCUT2D eigenvalue weighted by molar-refractivity contribution is 5.47. The Morgan fingerprint density at radius 2 is 1.63 bits per heavy atom. The van der Waals surface area contributed by atoms with Crippen molar-refractivity contribution in [1.82, 2.24) is 0 Å². The average molecular weight is 262 g/mol. The van der Waals surface area contributed by atoms with Crippen molar-refractivity contribution >= 4 is 5.69 Å². The highest BCUT2D eigenvalue weighted by Gasteiger charge is 2.09. The van der Waals surface area contributed by atoms with Gasteiger partial charge in [-0.15, -0.1) is 0 Å². The molecule has 0 saturated carbocycles. The minimum Gasteiger partial charge on any atom is -0.366 e. The van der Waals surface area contributed by atoms with Gasteiger partial charge in [-0.1, -0.05) is 18.2 Å². The van der Waals surface area contributed by atoms with Gasteiger partial charge in [0.15, 0.2) is 0 Å². The number of nitrogens with two attached hydrogens (primary N) is 1. The Balaban J connectivity index is 2.21. The molecule has 0 bridgehead atoms. The summed E-state index contributed by atoms with van der Waals surface area (Å²) in [6, 6.07) is 12.7. The van der Waals surface area contributed by atoms with Crippen molar-refractivity contribution in [3.05, 3.63) is 65.7 Å². The van der Waals surface area contributed by atoms with Gasteiger partial charge >= 0.3 is 0 Å². The van der Waals surface area contributed by atoms with E-state index >= 15 is 0 Å². The summed E-state index contributed by atoms with van der Waals surface area (Å²) in [5, 5.41) is 0. The molecule has 2 aromatic rings. The summed E-state index contributed by atoms with van der Waals surface area (Å²) in [5.41, 5.74) is 7.01. The predicted octanol–water partition coefficient (Wildman–Crippen LogP) is 2.93. The zero-order valence-electron chi connectivity index (χ0n) is 10.5. The Kier molecular flexibility index (Phi) is 4.47. The fraction of sp³-hybridized carbons (Fsp3) is 0.200. The Hall–Kier alpha value is -1.94. The molecule has 19 heavy (non-hydrogen) atoms. The molecule has 0 aliphatic rings. The normalized spacial score (nSPS) is 10.5. The van der Waals surface area contributed by atoms with Crippen LogP contribution in [-0.4, -0.2) is 13.1 Å². The summed E-state index contributed by atoms with van der Waals surface area (Å²) in [7, 11) is 0. The van der Waals surface area contributed by atoms with Gasteiger partial charge in [-0.2, -0.15) is 0 Å². The third-order valence-electron chi connectivity index (χ3n) is 2.91. The largest absolute Gasteiger partial charge is 0.366 e. The van der Waals surface area contributed by atoms with E-state index in [9.17, 15) is 8.78 Å². The summed E-state index contributed by atoms with van der Waals surface area (Å²) < 4.78 is 26.6. The van der Waals surface area contributed by atoms with E-state index in [0.29, 0.717) is 25.2 Å². The molecule has 0 heterocycles. The second-order valence-corrected chi connectivity index (χ2v) is 4.28. The fourth-order valence-electron chi connectivity index (χ4n) is 1.94. The first-order chi connectivity index (χ1) is 9.20. The molecule has 100 valence electrons. The van der Waals surface area contributed by atoms with Crippen LogP contribution in [-0.2, 0) is 6.54 Å². The highest BCUT2D eigenvalue weighted by atomic mass is 19.1. The van der Waals surface area contributed by atoms with Crippen LogP contribution in [0.3, 0.4) is 0 Å². The number of benzene rings is 2. The second-order valence-electron chi connectivity index (χ2n) is 4.28. The van der Waals surface area contributed by atoms with Gasteiger partial charge in [0.1, 0.15) is 11.6 Å². The van der Waals surface area contributed by atoms with Gasteiger partial charge in [0.05, 0.1) is 0 Å². The summed E-state index contributed by atoms with van der Waals surface area (Å²) in [6.07, 6.45) is 0. The first kappa shape index (κ1) is 13.5. The molecule has 2 N–H and O–H groups in total. The maximum absolute atomic E-state index is 13.7. The maximum atomic E-state index is 13.7. The summed E-state index contributed by atoms with van der Waals surface area (Å²) in [6.45, 7) is 1.45. The first-order valence-corrected chi connectivity index (χ1v) is 6.14. The van der Waals surface area contributed by atoms with E-state index in [0.717, 1.165) is 5.69 Å². The van der Waals surface area contributed by atoms with Gasteiger partial charge in [-0.25, -0.2) is 8.78 Å². The Morgan fingerprint density at radius 3 is 2.26 bits per heavy atom. The van der Waals surface area contributed by atoms with Crippen molar-refractivity contribution in [3.63, 3.8) is 0 Å². The minimum absolute atomic E-state index is 0.244. The summed E-state index contributed by atoms with van der Waals surface area (Å²) >= 11 is 0. The summed E-state index contributed by atoms with van der Waals surface area (Å²) in [5.74, 6) is -0.533. The third kappa shape index (κ3) is 3.51. The number of rotatable bonds is 5. The van der Waals surface area contributed by atoms with Crippen LogP contribution in [0.25, 0.3) is 0 Å². The highest BCUT2D eigenvalue weighted by Crippen LogP contribution is 2.18. The van der Waals surface area contributed by atoms with E-state index in [1.54, 1.807) is 30.3 Å². The molecule has 0 spiro atoms. The molecule has 0 aliphatic heterocycles. The average Bonchev–Trinajstić information content (AvgIpc) is 2.42. The number of halogens is 2. The first-order valence-electron chi connectivity index (χ1n) is 6.14. The van der Waals surface area contributed by atoms with Crippen LogP contribution in [0.1, 0.15) is 5.56 Å². The fourth-order valence-corrected chi connectivity index (χ4v) is 1.94. The SMILES string of the molecule is NCCN(Cc1ccccc1F)c1ccc(F)cc1. The molecule has 4 heteroatoms. The molecule has 0 aliphatic carbocycles. The van der Waals surface area contributed by atoms with E-state index in [-0.39, 0.29) is 11.6 Å². The molecule has 2 aromatic carbocycles. The monoisotopic (exact) mass is 262 g/mol. The Labute approximate surface area is 111 Å². The van der Waals surface area contributed by atoms with Crippen LogP contribution in [0.2, 0.25) is 0 Å². The lowest BCUT2D eigenvalue weighted by Crippen LogP contribution is -2.29. The van der Waals surface area contributed by atoms with E-state index < -0.39 is 0 Å². The van der Waals surface area contributed by atoms with Gasteiger partial charge in [0, 0.05) is 30.9 Å². The Morgan fingerprint density at radius 1 is 0.947 bits per heavy atom. The molecule has 0 amide bonds. The van der Waals surface area contributed by atoms with Crippen molar-refractivity contribution in [2.24, 2.45) is 5.73 Å². The number of anilines is 1. The molecular formula is C15H16F2N2. The zero-order chi connectivity index (χ0) is 13.7. The number of nitrogens with zero attached hydrogens (tertiary/aromatic N) is 1. The van der Waals surface area contributed by atoms with Crippen molar-refractivity contribution < 1.29 is 8.78 Å². The van der Waals surface area contributed by atoms with Crippen LogP contribution in [0.4, 0.5) is 14.5 Å². The van der Waals surface area contributed by atoms with Crippen molar-refractivity contribution in [2.45, 2.75) is 6.54 Å². The van der Waals surface area contributed by atoms with Crippen LogP contribution < -0.4 is 10.6 Å². The van der Waals surface area contributed by atoms with E-state index in [1.807, 2.05) is 4.90 Å². The van der Waals surface area contributed by atoms with Crippen molar-refractivity contribution in [3.8, 4) is 0 Å². The number of hydrogen-bond donors (Lipinski definition) is 1. The lowest BCUT2D eigenvalue weighted by Gasteiger charge is -2.24. The zero-order valence-corrected chi connectivity index (χ0v) is 10.5. The van der Waals surface area contributed by atoms with E-state index in [4.69, 9.17) is 5.73 Å². The molecule has 0 unspecified atom stereocenters. The second kappa shape index (κ2) is 6.29. The van der Waals surface area contributed by atoms with Crippen LogP contribution >= 0.6 is 0 Å². The van der Waals surface area contributed by atoms with Gasteiger partial charge in [0.25, 0.3) is 0 Å². The van der Waals surface area contributed by atoms with Crippen LogP contribution in [0, 0.1) is 11.6 Å². The van der Waals surface area contributed by atoms with Crippen LogP contribution in [0.5, 0.6) is 0 Å². The quantitative estimate of drug-likeness (QED) is 0.897. The molecule has 0 fully saturated rings. The minimum atomic E-state index is -0.289. The van der Waals surface area contributed by atoms with Crippen molar-refractivity contribution in [1.29, 1.82) is 0 Å². The van der Waals surface area contributed by atoms with E-state index in [2.05, 4.69) is 0 Å². The molecule has 0 radical (unpaired) electrons. The van der Waals surface area contributed by atoms with Gasteiger partial charge in [0.2, 0.25) is 0 Å². The van der Waals surface area contributed by atoms with Gasteiger partial charge in [-0.05, 0) is 30.3 Å². The Bertz CT molecular complexity index is 526. The van der Waals surface area contributed by atoms with Gasteiger partial charge in [-0.3, -0.25) is 0 Å². The molecule has 0 aromatic heterocycles. The molecular weight excluding hydrogens is 246 g/mol. The topological polar surface area (TPSA) is 29.3 Å². The van der Waals surface area contributed by atoms with E-state index in [1.165, 1.54) is 18.2 Å². The summed E-state index contributed by atoms with van der Waals surface area (Å²) in [4.78, 5) is 1.93. The third-order valence-corrected chi connectivity index (χ3v) is 2.91. The molecule has 0 atom stereocenters. The molecule has 2 rings (SSSR count). The standard InChI is InChI=1S/C15H16F2N2/c16-13-5-7-14(8-6-13)19(10-9-18)11-12-3-1-2-4-15(12)17/h1-8H,9-11,18H2. The maximum Gasteiger partial charge on any atom is 0.128 e. The van der Waals surface area contributed by atoms with Crippen molar-refractivity contribution in [2.75, 3.05) is 18.0 Å². The van der Waals surface area contributed by atoms with Gasteiger partial charge < -0.3 is 10.6 Å². The molecule has 0 saturated heterocycles. The van der Waals surface area contributed by atoms with Crippen LogP contribution in [0.15, 0.2) is 48.5 Å². The lowest BCUT2D eigenvalue weighted by atomic mass is 10.2. The molecule has 2 nitrogen and oxygen atoms in total. The smallest absolute Gasteiger partial charge is 0.128 e. The number of hydrogen-bond acceptors (Lipinski definition) is 2.